The summed E-state index contributed by atoms with van der Waals surface area (Å²) < 4.78 is 5.10. The molecule has 2 rings (SSSR count). The molecule has 1 saturated heterocycles. The van der Waals surface area contributed by atoms with Gasteiger partial charge in [0.25, 0.3) is 5.24 Å². The van der Waals surface area contributed by atoms with Crippen molar-refractivity contribution in [3.63, 3.8) is 0 Å². The van der Waals surface area contributed by atoms with Crippen molar-refractivity contribution >= 4 is 40.6 Å². The molecule has 1 heterocycles. The Kier molecular flexibility index (Phi) is 5.77. The highest BCUT2D eigenvalue weighted by Crippen LogP contribution is 2.39. The molecular formula is C16H19ClN2O4S. The Balaban J connectivity index is 1.90. The van der Waals surface area contributed by atoms with Gasteiger partial charge < -0.3 is 10.1 Å². The average molecular weight is 371 g/mol. The van der Waals surface area contributed by atoms with E-state index in [0.717, 1.165) is 22.2 Å². The van der Waals surface area contributed by atoms with Gasteiger partial charge in [0.2, 0.25) is 5.91 Å². The lowest BCUT2D eigenvalue weighted by Crippen LogP contribution is -2.39. The second-order valence-corrected chi connectivity index (χ2v) is 7.73. The zero-order valence-corrected chi connectivity index (χ0v) is 15.2. The summed E-state index contributed by atoms with van der Waals surface area (Å²) in [5.41, 5.74) is 0.129. The minimum Gasteiger partial charge on any atom is -0.444 e. The van der Waals surface area contributed by atoms with Crippen LogP contribution in [0.4, 0.5) is 9.59 Å². The summed E-state index contributed by atoms with van der Waals surface area (Å²) in [7, 11) is 0. The van der Waals surface area contributed by atoms with Gasteiger partial charge in [0, 0.05) is 18.1 Å². The van der Waals surface area contributed by atoms with E-state index in [0.29, 0.717) is 5.02 Å². The Labute approximate surface area is 149 Å². The quantitative estimate of drug-likeness (QED) is 0.876. The highest BCUT2D eigenvalue weighted by molar-refractivity contribution is 8.14. The van der Waals surface area contributed by atoms with E-state index in [1.165, 1.54) is 0 Å². The molecule has 0 spiro atoms. The molecule has 0 saturated carbocycles. The van der Waals surface area contributed by atoms with Crippen LogP contribution < -0.4 is 5.32 Å². The smallest absolute Gasteiger partial charge is 0.407 e. The predicted molar refractivity (Wildman–Crippen MR) is 93.1 cm³/mol. The Morgan fingerprint density at radius 1 is 1.29 bits per heavy atom. The van der Waals surface area contributed by atoms with Crippen molar-refractivity contribution in [3.8, 4) is 0 Å². The SMILES string of the molecule is CC(C)(C)OC(=O)NCCN1C(=O)S[C@H](c2ccc(Cl)cc2)C1=O. The Hall–Kier alpha value is -1.73. The van der Waals surface area contributed by atoms with Gasteiger partial charge in [0.05, 0.1) is 0 Å². The van der Waals surface area contributed by atoms with E-state index in [1.54, 1.807) is 45.0 Å². The Morgan fingerprint density at radius 2 is 1.92 bits per heavy atom. The van der Waals surface area contributed by atoms with E-state index >= 15 is 0 Å². The summed E-state index contributed by atoms with van der Waals surface area (Å²) in [4.78, 5) is 37.2. The predicted octanol–water partition coefficient (Wildman–Crippen LogP) is 3.60. The molecule has 0 bridgehead atoms. The molecule has 24 heavy (non-hydrogen) atoms. The van der Waals surface area contributed by atoms with Crippen molar-refractivity contribution in [1.29, 1.82) is 0 Å². The van der Waals surface area contributed by atoms with Gasteiger partial charge >= 0.3 is 6.09 Å². The van der Waals surface area contributed by atoms with Crippen LogP contribution >= 0.6 is 23.4 Å². The highest BCUT2D eigenvalue weighted by Gasteiger charge is 2.40. The van der Waals surface area contributed by atoms with E-state index in [4.69, 9.17) is 16.3 Å². The number of amides is 3. The first-order valence-electron chi connectivity index (χ1n) is 7.42. The van der Waals surface area contributed by atoms with Crippen molar-refractivity contribution in [2.24, 2.45) is 0 Å². The van der Waals surface area contributed by atoms with Gasteiger partial charge in [-0.1, -0.05) is 23.7 Å². The van der Waals surface area contributed by atoms with Gasteiger partial charge in [-0.2, -0.15) is 0 Å². The molecule has 1 aliphatic rings. The summed E-state index contributed by atoms with van der Waals surface area (Å²) >= 11 is 6.79. The Morgan fingerprint density at radius 3 is 2.50 bits per heavy atom. The molecule has 0 aromatic heterocycles. The van der Waals surface area contributed by atoms with E-state index in [9.17, 15) is 14.4 Å². The van der Waals surface area contributed by atoms with Crippen LogP contribution in [0, 0.1) is 0 Å². The first-order chi connectivity index (χ1) is 11.2. The van der Waals surface area contributed by atoms with Crippen LogP contribution in [-0.2, 0) is 9.53 Å². The van der Waals surface area contributed by atoms with E-state index in [1.807, 2.05) is 0 Å². The molecule has 8 heteroatoms. The van der Waals surface area contributed by atoms with Crippen LogP contribution in [0.5, 0.6) is 0 Å². The average Bonchev–Trinajstić information content (AvgIpc) is 2.74. The number of imide groups is 1. The minimum absolute atomic E-state index is 0.105. The van der Waals surface area contributed by atoms with Crippen molar-refractivity contribution in [3.05, 3.63) is 34.9 Å². The van der Waals surface area contributed by atoms with Crippen LogP contribution in [0.1, 0.15) is 31.6 Å². The molecule has 1 N–H and O–H groups in total. The highest BCUT2D eigenvalue weighted by atomic mass is 35.5. The van der Waals surface area contributed by atoms with Gasteiger partial charge in [0.15, 0.2) is 0 Å². The van der Waals surface area contributed by atoms with Gasteiger partial charge in [-0.05, 0) is 50.2 Å². The number of carbonyl (C=O) groups is 3. The molecule has 3 amide bonds. The Bertz CT molecular complexity index is 642. The standard InChI is InChI=1S/C16H19ClN2O4S/c1-16(2,3)23-14(21)18-8-9-19-13(20)12(24-15(19)22)10-4-6-11(17)7-5-10/h4-7,12H,8-9H2,1-3H3,(H,18,21)/t12-/m1/s1. The molecule has 1 aliphatic heterocycles. The topological polar surface area (TPSA) is 75.7 Å². The van der Waals surface area contributed by atoms with Crippen LogP contribution in [0.3, 0.4) is 0 Å². The summed E-state index contributed by atoms with van der Waals surface area (Å²) in [6.07, 6.45) is -0.580. The number of carbonyl (C=O) groups excluding carboxylic acids is 3. The van der Waals surface area contributed by atoms with Crippen LogP contribution in [0.25, 0.3) is 0 Å². The first kappa shape index (κ1) is 18.6. The molecular weight excluding hydrogens is 352 g/mol. The van der Waals surface area contributed by atoms with Gasteiger partial charge in [0.1, 0.15) is 10.9 Å². The number of nitrogens with one attached hydrogen (secondary N) is 1. The van der Waals surface area contributed by atoms with Crippen molar-refractivity contribution in [1.82, 2.24) is 10.2 Å². The number of hydrogen-bond donors (Lipinski definition) is 1. The fourth-order valence-corrected chi connectivity index (χ4v) is 3.24. The maximum atomic E-state index is 12.4. The fourth-order valence-electron chi connectivity index (χ4n) is 2.08. The number of nitrogens with zero attached hydrogens (tertiary/aromatic N) is 1. The van der Waals surface area contributed by atoms with E-state index < -0.39 is 16.9 Å². The lowest BCUT2D eigenvalue weighted by Gasteiger charge is -2.20. The lowest BCUT2D eigenvalue weighted by atomic mass is 10.1. The van der Waals surface area contributed by atoms with Crippen molar-refractivity contribution < 1.29 is 19.1 Å². The maximum Gasteiger partial charge on any atom is 0.407 e. The van der Waals surface area contributed by atoms with Crippen molar-refractivity contribution in [2.45, 2.75) is 31.6 Å². The second-order valence-electron chi connectivity index (χ2n) is 6.23. The summed E-state index contributed by atoms with van der Waals surface area (Å²) in [6, 6.07) is 6.82. The number of halogens is 1. The molecule has 130 valence electrons. The summed E-state index contributed by atoms with van der Waals surface area (Å²) in [6.45, 7) is 5.52. The minimum atomic E-state index is -0.598. The molecule has 1 atom stereocenters. The van der Waals surface area contributed by atoms with E-state index in [-0.39, 0.29) is 24.2 Å². The van der Waals surface area contributed by atoms with Crippen LogP contribution in [0.15, 0.2) is 24.3 Å². The molecule has 0 aliphatic carbocycles. The van der Waals surface area contributed by atoms with Gasteiger partial charge in [-0.15, -0.1) is 0 Å². The zero-order chi connectivity index (χ0) is 17.9. The third-order valence-electron chi connectivity index (χ3n) is 3.11. The number of ether oxygens (including phenoxy) is 1. The van der Waals surface area contributed by atoms with Crippen LogP contribution in [0.2, 0.25) is 5.02 Å². The number of thioether (sulfide) groups is 1. The van der Waals surface area contributed by atoms with Gasteiger partial charge in [-0.3, -0.25) is 14.5 Å². The first-order valence-corrected chi connectivity index (χ1v) is 8.67. The zero-order valence-electron chi connectivity index (χ0n) is 13.7. The monoisotopic (exact) mass is 370 g/mol. The van der Waals surface area contributed by atoms with Crippen molar-refractivity contribution in [2.75, 3.05) is 13.1 Å². The van der Waals surface area contributed by atoms with E-state index in [2.05, 4.69) is 5.32 Å². The third-order valence-corrected chi connectivity index (χ3v) is 4.49. The molecule has 1 aromatic carbocycles. The summed E-state index contributed by atoms with van der Waals surface area (Å²) in [5, 5.41) is 2.20. The normalized spacial score (nSPS) is 18.0. The number of alkyl carbamates (subject to hydrolysis) is 1. The molecule has 6 nitrogen and oxygen atoms in total. The molecule has 1 fully saturated rings. The third kappa shape index (κ3) is 4.88. The largest absolute Gasteiger partial charge is 0.444 e. The molecule has 0 unspecified atom stereocenters. The number of benzene rings is 1. The maximum absolute atomic E-state index is 12.4. The fraction of sp³-hybridized carbons (Fsp3) is 0.438. The summed E-state index contributed by atoms with van der Waals surface area (Å²) in [5.74, 6) is -0.293. The number of rotatable bonds is 4. The number of hydrogen-bond acceptors (Lipinski definition) is 5. The second kappa shape index (κ2) is 7.44. The van der Waals surface area contributed by atoms with Crippen LogP contribution in [-0.4, -0.2) is 40.8 Å². The molecule has 1 aromatic rings. The lowest BCUT2D eigenvalue weighted by molar-refractivity contribution is -0.126. The van der Waals surface area contributed by atoms with Gasteiger partial charge in [-0.25, -0.2) is 4.79 Å². The molecule has 0 radical (unpaired) electrons.